The molecule has 2 N–H and O–H groups in total. The molecule has 0 heterocycles. The highest BCUT2D eigenvalue weighted by Gasteiger charge is 2.10. The monoisotopic (exact) mass is 221 g/mol. The quantitative estimate of drug-likeness (QED) is 0.821. The number of para-hydroxylation sites is 1. The van der Waals surface area contributed by atoms with Crippen LogP contribution in [0.4, 0.5) is 5.69 Å². The number of amides is 1. The normalized spacial score (nSPS) is 12.6. The van der Waals surface area contributed by atoms with Gasteiger partial charge < -0.3 is 10.4 Å². The molecule has 0 aliphatic carbocycles. The van der Waals surface area contributed by atoms with Crippen molar-refractivity contribution in [3.05, 3.63) is 29.8 Å². The third-order valence-electron chi connectivity index (χ3n) is 2.28. The third kappa shape index (κ3) is 3.66. The first-order chi connectivity index (χ1) is 7.50. The Morgan fingerprint density at radius 3 is 2.50 bits per heavy atom. The second-order valence-corrected chi connectivity index (χ2v) is 4.41. The number of carbonyl (C=O) groups excluding carboxylic acids is 1. The van der Waals surface area contributed by atoms with E-state index in [1.807, 2.05) is 32.0 Å². The molecule has 16 heavy (non-hydrogen) atoms. The van der Waals surface area contributed by atoms with Crippen LogP contribution in [0.5, 0.6) is 0 Å². The lowest BCUT2D eigenvalue weighted by atomic mass is 10.1. The lowest BCUT2D eigenvalue weighted by molar-refractivity contribution is -0.116. The largest absolute Gasteiger partial charge is 0.389 e. The fraction of sp³-hybridized carbons (Fsp3) is 0.462. The molecular weight excluding hydrogens is 202 g/mol. The van der Waals surface area contributed by atoms with E-state index in [0.29, 0.717) is 18.0 Å². The predicted molar refractivity (Wildman–Crippen MR) is 65.2 cm³/mol. The van der Waals surface area contributed by atoms with Crippen molar-refractivity contribution in [2.75, 3.05) is 5.32 Å². The molecule has 0 aliphatic heterocycles. The maximum Gasteiger partial charge on any atom is 0.224 e. The minimum Gasteiger partial charge on any atom is -0.389 e. The lowest BCUT2D eigenvalue weighted by Crippen LogP contribution is -2.15. The van der Waals surface area contributed by atoms with E-state index in [4.69, 9.17) is 0 Å². The maximum atomic E-state index is 11.6. The number of benzene rings is 1. The van der Waals surface area contributed by atoms with Gasteiger partial charge in [-0.05, 0) is 18.9 Å². The zero-order valence-corrected chi connectivity index (χ0v) is 10.0. The molecule has 88 valence electrons. The molecule has 3 nitrogen and oxygen atoms in total. The summed E-state index contributed by atoms with van der Waals surface area (Å²) in [4.78, 5) is 11.6. The number of nitrogens with one attached hydrogen (secondary N) is 1. The van der Waals surface area contributed by atoms with Crippen LogP contribution in [0.1, 0.15) is 38.9 Å². The number of rotatable bonds is 4. The van der Waals surface area contributed by atoms with Crippen molar-refractivity contribution < 1.29 is 9.90 Å². The Hall–Kier alpha value is -1.35. The molecule has 0 saturated heterocycles. The number of hydrogen-bond donors (Lipinski definition) is 2. The second-order valence-electron chi connectivity index (χ2n) is 4.41. The van der Waals surface area contributed by atoms with E-state index in [1.54, 1.807) is 13.0 Å². The molecule has 1 unspecified atom stereocenters. The topological polar surface area (TPSA) is 49.3 Å². The van der Waals surface area contributed by atoms with Crippen molar-refractivity contribution in [2.24, 2.45) is 5.92 Å². The molecule has 0 bridgehead atoms. The van der Waals surface area contributed by atoms with Crippen molar-refractivity contribution in [1.29, 1.82) is 0 Å². The Balaban J connectivity index is 2.77. The molecule has 1 atom stereocenters. The minimum atomic E-state index is -0.574. The number of aliphatic hydroxyl groups excluding tert-OH is 1. The molecule has 0 aliphatic rings. The van der Waals surface area contributed by atoms with Gasteiger partial charge in [-0.25, -0.2) is 0 Å². The first kappa shape index (κ1) is 12.7. The molecule has 1 aromatic rings. The minimum absolute atomic E-state index is 0.0110. The van der Waals surface area contributed by atoms with Gasteiger partial charge in [0.1, 0.15) is 0 Å². The fourth-order valence-corrected chi connectivity index (χ4v) is 1.55. The first-order valence-electron chi connectivity index (χ1n) is 5.57. The standard InChI is InChI=1S/C13H19NO2/c1-9(2)8-13(16)14-12-7-5-4-6-11(12)10(3)15/h4-7,9-10,15H,8H2,1-3H3,(H,14,16). The van der Waals surface area contributed by atoms with Crippen LogP contribution in [-0.2, 0) is 4.79 Å². The highest BCUT2D eigenvalue weighted by atomic mass is 16.3. The lowest BCUT2D eigenvalue weighted by Gasteiger charge is -2.13. The van der Waals surface area contributed by atoms with Crippen molar-refractivity contribution >= 4 is 11.6 Å². The van der Waals surface area contributed by atoms with Gasteiger partial charge in [0.2, 0.25) is 5.91 Å². The number of aliphatic hydroxyl groups is 1. The van der Waals surface area contributed by atoms with E-state index in [2.05, 4.69) is 5.32 Å². The van der Waals surface area contributed by atoms with Crippen molar-refractivity contribution in [3.63, 3.8) is 0 Å². The van der Waals surface area contributed by atoms with E-state index in [0.717, 1.165) is 5.56 Å². The van der Waals surface area contributed by atoms with Crippen LogP contribution in [0.15, 0.2) is 24.3 Å². The third-order valence-corrected chi connectivity index (χ3v) is 2.28. The average Bonchev–Trinajstić information content (AvgIpc) is 2.16. The van der Waals surface area contributed by atoms with Gasteiger partial charge in [-0.3, -0.25) is 4.79 Å². The zero-order valence-electron chi connectivity index (χ0n) is 10.0. The van der Waals surface area contributed by atoms with Crippen LogP contribution < -0.4 is 5.32 Å². The molecule has 1 rings (SSSR count). The Labute approximate surface area is 96.5 Å². The van der Waals surface area contributed by atoms with Gasteiger partial charge in [-0.2, -0.15) is 0 Å². The highest BCUT2D eigenvalue weighted by molar-refractivity contribution is 5.91. The van der Waals surface area contributed by atoms with Crippen LogP contribution in [0.3, 0.4) is 0 Å². The first-order valence-corrected chi connectivity index (χ1v) is 5.57. The fourth-order valence-electron chi connectivity index (χ4n) is 1.55. The summed E-state index contributed by atoms with van der Waals surface area (Å²) < 4.78 is 0. The molecule has 0 aromatic heterocycles. The van der Waals surface area contributed by atoms with Crippen LogP contribution >= 0.6 is 0 Å². The summed E-state index contributed by atoms with van der Waals surface area (Å²) in [5.41, 5.74) is 1.45. The van der Waals surface area contributed by atoms with Crippen LogP contribution in [0.2, 0.25) is 0 Å². The van der Waals surface area contributed by atoms with Crippen molar-refractivity contribution in [2.45, 2.75) is 33.3 Å². The second kappa shape index (κ2) is 5.66. The summed E-state index contributed by atoms with van der Waals surface area (Å²) in [5, 5.41) is 12.4. The smallest absolute Gasteiger partial charge is 0.224 e. The Bertz CT molecular complexity index is 359. The van der Waals surface area contributed by atoms with E-state index in [1.165, 1.54) is 0 Å². The number of carbonyl (C=O) groups is 1. The van der Waals surface area contributed by atoms with Gasteiger partial charge in [-0.1, -0.05) is 32.0 Å². The highest BCUT2D eigenvalue weighted by Crippen LogP contribution is 2.22. The van der Waals surface area contributed by atoms with Gasteiger partial charge >= 0.3 is 0 Å². The predicted octanol–water partition coefficient (Wildman–Crippen LogP) is 2.72. The van der Waals surface area contributed by atoms with Crippen LogP contribution in [-0.4, -0.2) is 11.0 Å². The van der Waals surface area contributed by atoms with Gasteiger partial charge in [0.15, 0.2) is 0 Å². The maximum absolute atomic E-state index is 11.6. The molecule has 0 radical (unpaired) electrons. The van der Waals surface area contributed by atoms with Gasteiger partial charge in [-0.15, -0.1) is 0 Å². The summed E-state index contributed by atoms with van der Waals surface area (Å²) in [6.45, 7) is 5.69. The molecule has 0 spiro atoms. The number of anilines is 1. The SMILES string of the molecule is CC(C)CC(=O)Nc1ccccc1C(C)O. The molecule has 0 saturated carbocycles. The molecule has 3 heteroatoms. The summed E-state index contributed by atoms with van der Waals surface area (Å²) in [6, 6.07) is 7.31. The zero-order chi connectivity index (χ0) is 12.1. The van der Waals surface area contributed by atoms with Gasteiger partial charge in [0.25, 0.3) is 0 Å². The van der Waals surface area contributed by atoms with E-state index in [9.17, 15) is 9.90 Å². The molecular formula is C13H19NO2. The van der Waals surface area contributed by atoms with Crippen LogP contribution in [0.25, 0.3) is 0 Å². The van der Waals surface area contributed by atoms with E-state index >= 15 is 0 Å². The number of hydrogen-bond acceptors (Lipinski definition) is 2. The van der Waals surface area contributed by atoms with E-state index in [-0.39, 0.29) is 5.91 Å². The Morgan fingerprint density at radius 2 is 1.94 bits per heavy atom. The molecule has 0 fully saturated rings. The molecule has 1 amide bonds. The van der Waals surface area contributed by atoms with Crippen molar-refractivity contribution in [1.82, 2.24) is 0 Å². The van der Waals surface area contributed by atoms with Gasteiger partial charge in [0.05, 0.1) is 6.10 Å². The van der Waals surface area contributed by atoms with Crippen LogP contribution in [0, 0.1) is 5.92 Å². The summed E-state index contributed by atoms with van der Waals surface area (Å²) >= 11 is 0. The Kier molecular flexibility index (Phi) is 4.50. The average molecular weight is 221 g/mol. The summed E-state index contributed by atoms with van der Waals surface area (Å²) in [6.07, 6.45) is -0.0794. The summed E-state index contributed by atoms with van der Waals surface area (Å²) in [7, 11) is 0. The molecule has 1 aromatic carbocycles. The summed E-state index contributed by atoms with van der Waals surface area (Å²) in [5.74, 6) is 0.321. The van der Waals surface area contributed by atoms with E-state index < -0.39 is 6.10 Å². The van der Waals surface area contributed by atoms with Gasteiger partial charge in [0, 0.05) is 17.7 Å². The van der Waals surface area contributed by atoms with Crippen molar-refractivity contribution in [3.8, 4) is 0 Å². The Morgan fingerprint density at radius 1 is 1.31 bits per heavy atom.